The van der Waals surface area contributed by atoms with Crippen LogP contribution < -0.4 is 11.1 Å². The number of ether oxygens (including phenoxy) is 1. The Morgan fingerprint density at radius 1 is 1.21 bits per heavy atom. The summed E-state index contributed by atoms with van der Waals surface area (Å²) in [5.41, 5.74) is 6.61. The van der Waals surface area contributed by atoms with Gasteiger partial charge in [0.05, 0.1) is 6.42 Å². The Balaban J connectivity index is 1.65. The summed E-state index contributed by atoms with van der Waals surface area (Å²) < 4.78 is 5.37. The van der Waals surface area contributed by atoms with Gasteiger partial charge in [-0.3, -0.25) is 15.0 Å². The second-order valence-electron chi connectivity index (χ2n) is 5.98. The molecule has 1 aliphatic rings. The van der Waals surface area contributed by atoms with Crippen molar-refractivity contribution in [2.24, 2.45) is 5.73 Å². The Labute approximate surface area is 142 Å². The molecular weight excluding hydrogens is 306 g/mol. The highest BCUT2D eigenvalue weighted by Crippen LogP contribution is 2.20. The smallest absolute Gasteiger partial charge is 0.310 e. The van der Waals surface area contributed by atoms with Crippen molar-refractivity contribution in [3.8, 4) is 0 Å². The van der Waals surface area contributed by atoms with Gasteiger partial charge in [0.1, 0.15) is 11.9 Å². The zero-order valence-electron chi connectivity index (χ0n) is 13.7. The number of carbonyl (C=O) groups is 2. The second-order valence-corrected chi connectivity index (χ2v) is 5.98. The van der Waals surface area contributed by atoms with Gasteiger partial charge < -0.3 is 15.8 Å². The topological polar surface area (TPSA) is 105 Å². The van der Waals surface area contributed by atoms with Crippen molar-refractivity contribution in [1.82, 2.24) is 0 Å². The van der Waals surface area contributed by atoms with Gasteiger partial charge in [-0.2, -0.15) is 0 Å². The lowest BCUT2D eigenvalue weighted by Gasteiger charge is -2.21. The lowest BCUT2D eigenvalue weighted by molar-refractivity contribution is -0.146. The molecular formula is C18H24N3O3. The van der Waals surface area contributed by atoms with E-state index in [1.165, 1.54) is 12.8 Å². The van der Waals surface area contributed by atoms with Gasteiger partial charge >= 0.3 is 5.97 Å². The number of hydrogen-bond donors (Lipinski definition) is 3. The number of esters is 1. The number of hydrogen-bond acceptors (Lipinski definition) is 4. The van der Waals surface area contributed by atoms with Crippen molar-refractivity contribution in [3.05, 3.63) is 36.2 Å². The molecule has 1 radical (unpaired) electrons. The van der Waals surface area contributed by atoms with Gasteiger partial charge in [0, 0.05) is 17.7 Å². The first-order valence-corrected chi connectivity index (χ1v) is 8.33. The molecule has 0 spiro atoms. The molecule has 0 heterocycles. The number of rotatable bonds is 7. The number of amides is 1. The van der Waals surface area contributed by atoms with Crippen LogP contribution in [-0.4, -0.2) is 23.8 Å². The number of nitrogens with two attached hydrogens (primary N) is 1. The highest BCUT2D eigenvalue weighted by atomic mass is 16.5. The van der Waals surface area contributed by atoms with Crippen LogP contribution in [0.25, 0.3) is 0 Å². The van der Waals surface area contributed by atoms with Crippen LogP contribution in [0.4, 0.5) is 5.69 Å². The zero-order valence-corrected chi connectivity index (χ0v) is 13.7. The molecule has 0 bridgehead atoms. The maximum Gasteiger partial charge on any atom is 0.310 e. The average molecular weight is 330 g/mol. The molecule has 1 saturated carbocycles. The molecule has 0 aromatic heterocycles. The number of amidine groups is 1. The second kappa shape index (κ2) is 9.05. The molecule has 0 aliphatic heterocycles. The minimum absolute atomic E-state index is 0.0149. The summed E-state index contributed by atoms with van der Waals surface area (Å²) in [4.78, 5) is 23.6. The Morgan fingerprint density at radius 3 is 2.50 bits per heavy atom. The fourth-order valence-electron chi connectivity index (χ4n) is 2.67. The van der Waals surface area contributed by atoms with Crippen molar-refractivity contribution in [2.45, 2.75) is 51.0 Å². The quantitative estimate of drug-likeness (QED) is 0.406. The first-order valence-electron chi connectivity index (χ1n) is 8.33. The van der Waals surface area contributed by atoms with Gasteiger partial charge in [0.15, 0.2) is 0 Å². The van der Waals surface area contributed by atoms with Crippen molar-refractivity contribution in [3.63, 3.8) is 0 Å². The molecule has 1 aliphatic carbocycles. The molecule has 6 nitrogen and oxygen atoms in total. The van der Waals surface area contributed by atoms with Crippen LogP contribution in [0.2, 0.25) is 0 Å². The third-order valence-corrected chi connectivity index (χ3v) is 4.00. The van der Waals surface area contributed by atoms with E-state index >= 15 is 0 Å². The molecule has 4 N–H and O–H groups in total. The van der Waals surface area contributed by atoms with E-state index in [1.54, 1.807) is 24.3 Å². The third kappa shape index (κ3) is 6.02. The van der Waals surface area contributed by atoms with E-state index in [1.807, 2.05) is 0 Å². The van der Waals surface area contributed by atoms with Gasteiger partial charge in [-0.25, -0.2) is 0 Å². The molecule has 1 aromatic rings. The van der Waals surface area contributed by atoms with Crippen LogP contribution in [-0.2, 0) is 14.3 Å². The number of benzene rings is 1. The fraction of sp³-hybridized carbons (Fsp3) is 0.444. The van der Waals surface area contributed by atoms with Gasteiger partial charge in [-0.05, 0) is 56.4 Å². The van der Waals surface area contributed by atoms with E-state index in [4.69, 9.17) is 15.9 Å². The van der Waals surface area contributed by atoms with E-state index in [0.717, 1.165) is 25.7 Å². The van der Waals surface area contributed by atoms with E-state index in [2.05, 4.69) is 5.32 Å². The Kier molecular flexibility index (Phi) is 6.78. The molecule has 1 fully saturated rings. The van der Waals surface area contributed by atoms with E-state index in [0.29, 0.717) is 17.7 Å². The summed E-state index contributed by atoms with van der Waals surface area (Å²) in [6, 6.07) is 6.72. The first kappa shape index (κ1) is 18.0. The lowest BCUT2D eigenvalue weighted by Crippen LogP contribution is -2.21. The predicted molar refractivity (Wildman–Crippen MR) is 92.6 cm³/mol. The molecule has 0 unspecified atom stereocenters. The molecule has 2 rings (SSSR count). The average Bonchev–Trinajstić information content (AvgIpc) is 2.56. The normalized spacial score (nSPS) is 14.8. The third-order valence-electron chi connectivity index (χ3n) is 4.00. The van der Waals surface area contributed by atoms with Gasteiger partial charge in [-0.15, -0.1) is 0 Å². The standard InChI is InChI=1S/C18H24N3O3/c19-18(20)13-9-11-14(12-10-13)21-16(22)7-4-8-17(23)24-15-5-2-1-3-6-15/h8-12,15H,1-7H2,(H3,19,20)(H,21,22). The van der Waals surface area contributed by atoms with E-state index < -0.39 is 0 Å². The van der Waals surface area contributed by atoms with E-state index in [-0.39, 0.29) is 30.2 Å². The van der Waals surface area contributed by atoms with Crippen LogP contribution >= 0.6 is 0 Å². The molecule has 0 saturated heterocycles. The molecule has 0 atom stereocenters. The summed E-state index contributed by atoms with van der Waals surface area (Å²) in [6.45, 7) is 0. The van der Waals surface area contributed by atoms with Gasteiger partial charge in [0.25, 0.3) is 0 Å². The minimum atomic E-state index is -0.333. The highest BCUT2D eigenvalue weighted by Gasteiger charge is 2.17. The number of anilines is 1. The monoisotopic (exact) mass is 330 g/mol. The summed E-state index contributed by atoms with van der Waals surface area (Å²) in [5.74, 6) is -0.522. The van der Waals surface area contributed by atoms with Crippen molar-refractivity contribution in [2.75, 3.05) is 5.32 Å². The maximum absolute atomic E-state index is 11.9. The minimum Gasteiger partial charge on any atom is -0.462 e. The Bertz CT molecular complexity index is 578. The van der Waals surface area contributed by atoms with Crippen LogP contribution in [0.3, 0.4) is 0 Å². The largest absolute Gasteiger partial charge is 0.462 e. The van der Waals surface area contributed by atoms with Crippen LogP contribution in [0.15, 0.2) is 24.3 Å². The van der Waals surface area contributed by atoms with Crippen molar-refractivity contribution >= 4 is 23.4 Å². The molecule has 6 heteroatoms. The van der Waals surface area contributed by atoms with Crippen molar-refractivity contribution < 1.29 is 14.3 Å². The zero-order chi connectivity index (χ0) is 17.4. The van der Waals surface area contributed by atoms with Crippen LogP contribution in [0.5, 0.6) is 0 Å². The molecule has 1 amide bonds. The number of nitrogen functional groups attached to an aromatic ring is 1. The molecule has 129 valence electrons. The van der Waals surface area contributed by atoms with Crippen LogP contribution in [0.1, 0.15) is 50.5 Å². The fourth-order valence-corrected chi connectivity index (χ4v) is 2.67. The molecule has 24 heavy (non-hydrogen) atoms. The SMILES string of the molecule is N=C(N)c1ccc(NC(=O)CC[CH]C(=O)OC2CCCCC2)cc1. The number of nitrogens with one attached hydrogen (secondary N) is 2. The highest BCUT2D eigenvalue weighted by molar-refractivity contribution is 5.96. The van der Waals surface area contributed by atoms with Gasteiger partial charge in [0.2, 0.25) is 5.91 Å². The van der Waals surface area contributed by atoms with Crippen molar-refractivity contribution in [1.29, 1.82) is 5.41 Å². The summed E-state index contributed by atoms with van der Waals surface area (Å²) in [5, 5.41) is 10.1. The van der Waals surface area contributed by atoms with Crippen LogP contribution in [0, 0.1) is 11.8 Å². The molecule has 1 aromatic carbocycles. The summed E-state index contributed by atoms with van der Waals surface area (Å²) in [6.07, 6.45) is 7.37. The summed E-state index contributed by atoms with van der Waals surface area (Å²) in [7, 11) is 0. The van der Waals surface area contributed by atoms with Gasteiger partial charge in [-0.1, -0.05) is 6.42 Å². The first-order chi connectivity index (χ1) is 11.5. The van der Waals surface area contributed by atoms with E-state index in [9.17, 15) is 9.59 Å². The lowest BCUT2D eigenvalue weighted by atomic mass is 9.98. The Morgan fingerprint density at radius 2 is 1.88 bits per heavy atom. The predicted octanol–water partition coefficient (Wildman–Crippen LogP) is 2.77. The Hall–Kier alpha value is -2.37. The number of carbonyl (C=O) groups excluding carboxylic acids is 2. The maximum atomic E-state index is 11.9. The summed E-state index contributed by atoms with van der Waals surface area (Å²) >= 11 is 0.